The van der Waals surface area contributed by atoms with Gasteiger partial charge in [0.2, 0.25) is 10.0 Å². The molecule has 3 N–H and O–H groups in total. The highest BCUT2D eigenvalue weighted by molar-refractivity contribution is 7.89. The van der Waals surface area contributed by atoms with Crippen LogP contribution in [0.5, 0.6) is 0 Å². The van der Waals surface area contributed by atoms with E-state index in [2.05, 4.69) is 15.4 Å². The number of amides is 2. The number of sulfonamides is 1. The van der Waals surface area contributed by atoms with Crippen molar-refractivity contribution < 1.29 is 17.6 Å². The summed E-state index contributed by atoms with van der Waals surface area (Å²) in [6.07, 6.45) is 1.06. The van der Waals surface area contributed by atoms with Gasteiger partial charge in [-0.3, -0.25) is 0 Å². The van der Waals surface area contributed by atoms with Crippen LogP contribution in [0.3, 0.4) is 0 Å². The minimum absolute atomic E-state index is 0.0538. The number of carbonyl (C=O) groups excluding carboxylic acids is 1. The molecule has 0 heterocycles. The molecule has 1 aliphatic carbocycles. The number of benzene rings is 1. The van der Waals surface area contributed by atoms with E-state index >= 15 is 0 Å². The largest absolute Gasteiger partial charge is 0.338 e. The maximum absolute atomic E-state index is 13.0. The van der Waals surface area contributed by atoms with E-state index in [9.17, 15) is 17.6 Å². The molecule has 0 saturated heterocycles. The number of hydrogen-bond acceptors (Lipinski definition) is 3. The third-order valence-corrected chi connectivity index (χ3v) is 5.53. The summed E-state index contributed by atoms with van der Waals surface area (Å²) in [5.41, 5.74) is 0. The van der Waals surface area contributed by atoms with Gasteiger partial charge in [-0.2, -0.15) is 0 Å². The summed E-state index contributed by atoms with van der Waals surface area (Å²) in [6, 6.07) is 5.53. The average Bonchev–Trinajstić information content (AvgIpc) is 2.95. The molecule has 6 nitrogen and oxygen atoms in total. The minimum atomic E-state index is -3.66. The second kappa shape index (κ2) is 8.64. The van der Waals surface area contributed by atoms with E-state index in [0.717, 1.165) is 6.42 Å². The third-order valence-electron chi connectivity index (χ3n) is 3.84. The van der Waals surface area contributed by atoms with Crippen molar-refractivity contribution in [2.75, 3.05) is 19.6 Å². The molecular weight excluding hydrogens is 357 g/mol. The maximum Gasteiger partial charge on any atom is 0.314 e. The minimum Gasteiger partial charge on any atom is -0.338 e. The highest BCUT2D eigenvalue weighted by atomic mass is 35.5. The van der Waals surface area contributed by atoms with Crippen LogP contribution < -0.4 is 15.4 Å². The Hall–Kier alpha value is -1.38. The molecule has 1 aliphatic rings. The SMILES string of the molecule is O=C(NCCNS(=O)(=O)c1cccc(Cl)c1)NCC1CCC(F)C1. The molecular formula is C15H21ClFN3O3S. The smallest absolute Gasteiger partial charge is 0.314 e. The van der Waals surface area contributed by atoms with Crippen molar-refractivity contribution in [1.82, 2.24) is 15.4 Å². The van der Waals surface area contributed by atoms with E-state index in [1.165, 1.54) is 12.1 Å². The van der Waals surface area contributed by atoms with Gasteiger partial charge in [-0.1, -0.05) is 17.7 Å². The van der Waals surface area contributed by atoms with Crippen LogP contribution in [0.15, 0.2) is 29.2 Å². The van der Waals surface area contributed by atoms with Crippen LogP contribution in [0.25, 0.3) is 0 Å². The zero-order valence-electron chi connectivity index (χ0n) is 13.1. The van der Waals surface area contributed by atoms with Gasteiger partial charge >= 0.3 is 6.03 Å². The Balaban J connectivity index is 1.66. The lowest BCUT2D eigenvalue weighted by atomic mass is 10.1. The van der Waals surface area contributed by atoms with Gasteiger partial charge in [0.1, 0.15) is 6.17 Å². The summed E-state index contributed by atoms with van der Waals surface area (Å²) in [7, 11) is -3.66. The number of rotatable bonds is 7. The molecule has 2 rings (SSSR count). The van der Waals surface area contributed by atoms with Crippen molar-refractivity contribution in [3.63, 3.8) is 0 Å². The summed E-state index contributed by atoms with van der Waals surface area (Å²) >= 11 is 5.77. The molecule has 0 bridgehead atoms. The second-order valence-corrected chi connectivity index (χ2v) is 7.97. The van der Waals surface area contributed by atoms with Crippen LogP contribution in [0.2, 0.25) is 5.02 Å². The first-order valence-corrected chi connectivity index (χ1v) is 9.64. The van der Waals surface area contributed by atoms with Crippen molar-refractivity contribution >= 4 is 27.7 Å². The molecule has 1 aromatic carbocycles. The Labute approximate surface area is 146 Å². The molecule has 1 aromatic rings. The Bertz CT molecular complexity index is 672. The summed E-state index contributed by atoms with van der Waals surface area (Å²) in [5, 5.41) is 5.56. The molecule has 0 aliphatic heterocycles. The number of halogens is 2. The van der Waals surface area contributed by atoms with E-state index in [1.807, 2.05) is 0 Å². The fraction of sp³-hybridized carbons (Fsp3) is 0.533. The first-order valence-electron chi connectivity index (χ1n) is 7.78. The lowest BCUT2D eigenvalue weighted by molar-refractivity contribution is 0.238. The van der Waals surface area contributed by atoms with E-state index in [4.69, 9.17) is 11.6 Å². The van der Waals surface area contributed by atoms with Crippen LogP contribution in [0.4, 0.5) is 9.18 Å². The van der Waals surface area contributed by atoms with Crippen LogP contribution in [0.1, 0.15) is 19.3 Å². The Kier molecular flexibility index (Phi) is 6.82. The molecule has 9 heteroatoms. The van der Waals surface area contributed by atoms with Gasteiger partial charge in [-0.15, -0.1) is 0 Å². The van der Waals surface area contributed by atoms with Crippen molar-refractivity contribution in [2.24, 2.45) is 5.92 Å². The van der Waals surface area contributed by atoms with Gasteiger partial charge in [-0.25, -0.2) is 22.3 Å². The first kappa shape index (κ1) is 19.0. The molecule has 2 amide bonds. The summed E-state index contributed by atoms with van der Waals surface area (Å²) in [6.45, 7) is 0.626. The molecule has 24 heavy (non-hydrogen) atoms. The second-order valence-electron chi connectivity index (χ2n) is 5.77. The van der Waals surface area contributed by atoms with Gasteiger partial charge in [0, 0.05) is 24.7 Å². The van der Waals surface area contributed by atoms with Crippen LogP contribution in [0, 0.1) is 5.92 Å². The highest BCUT2D eigenvalue weighted by Gasteiger charge is 2.24. The summed E-state index contributed by atoms with van der Waals surface area (Å²) in [5.74, 6) is 0.173. The van der Waals surface area contributed by atoms with E-state index in [0.29, 0.717) is 24.4 Å². The topological polar surface area (TPSA) is 87.3 Å². The normalized spacial score (nSPS) is 20.8. The lowest BCUT2D eigenvalue weighted by Gasteiger charge is -2.12. The van der Waals surface area contributed by atoms with Gasteiger partial charge in [0.25, 0.3) is 0 Å². The number of alkyl halides is 1. The Morgan fingerprint density at radius 1 is 1.25 bits per heavy atom. The van der Waals surface area contributed by atoms with Gasteiger partial charge in [0.05, 0.1) is 4.90 Å². The number of nitrogens with one attached hydrogen (secondary N) is 3. The van der Waals surface area contributed by atoms with Gasteiger partial charge in [-0.05, 0) is 43.4 Å². The molecule has 0 aromatic heterocycles. The standard InChI is InChI=1S/C15H21ClFN3O3S/c16-12-2-1-3-14(9-12)24(22,23)20-7-6-18-15(21)19-10-11-4-5-13(17)8-11/h1-3,9,11,13,20H,4-8,10H2,(H2,18,19,21). The monoisotopic (exact) mass is 377 g/mol. The van der Waals surface area contributed by atoms with Crippen molar-refractivity contribution in [3.8, 4) is 0 Å². The highest BCUT2D eigenvalue weighted by Crippen LogP contribution is 2.26. The lowest BCUT2D eigenvalue weighted by Crippen LogP contribution is -2.41. The molecule has 0 spiro atoms. The predicted octanol–water partition coefficient (Wildman–Crippen LogP) is 2.06. The van der Waals surface area contributed by atoms with Crippen molar-refractivity contribution in [1.29, 1.82) is 0 Å². The molecule has 2 atom stereocenters. The third kappa shape index (κ3) is 5.92. The fourth-order valence-corrected chi connectivity index (χ4v) is 3.91. The zero-order chi connectivity index (χ0) is 17.6. The fourth-order valence-electron chi connectivity index (χ4n) is 2.58. The first-order chi connectivity index (χ1) is 11.4. The van der Waals surface area contributed by atoms with E-state index in [-0.39, 0.29) is 29.9 Å². The average molecular weight is 378 g/mol. The predicted molar refractivity (Wildman–Crippen MR) is 90.3 cm³/mol. The zero-order valence-corrected chi connectivity index (χ0v) is 14.7. The number of carbonyl (C=O) groups is 1. The van der Waals surface area contributed by atoms with E-state index in [1.54, 1.807) is 12.1 Å². The van der Waals surface area contributed by atoms with Crippen LogP contribution >= 0.6 is 11.6 Å². The van der Waals surface area contributed by atoms with Gasteiger partial charge in [0.15, 0.2) is 0 Å². The Morgan fingerprint density at radius 2 is 2.04 bits per heavy atom. The molecule has 134 valence electrons. The van der Waals surface area contributed by atoms with Crippen LogP contribution in [-0.2, 0) is 10.0 Å². The summed E-state index contributed by atoms with van der Waals surface area (Å²) < 4.78 is 39.5. The van der Waals surface area contributed by atoms with Crippen LogP contribution in [-0.4, -0.2) is 40.3 Å². The van der Waals surface area contributed by atoms with Gasteiger partial charge < -0.3 is 10.6 Å². The van der Waals surface area contributed by atoms with E-state index < -0.39 is 16.2 Å². The molecule has 0 radical (unpaired) electrons. The maximum atomic E-state index is 13.0. The van der Waals surface area contributed by atoms with Crippen molar-refractivity contribution in [3.05, 3.63) is 29.3 Å². The molecule has 2 unspecified atom stereocenters. The Morgan fingerprint density at radius 3 is 2.71 bits per heavy atom. The summed E-state index contributed by atoms with van der Waals surface area (Å²) in [4.78, 5) is 11.7. The quantitative estimate of drug-likeness (QED) is 0.635. The molecule has 1 saturated carbocycles. The van der Waals surface area contributed by atoms with Crippen molar-refractivity contribution in [2.45, 2.75) is 30.3 Å². The molecule has 1 fully saturated rings. The number of hydrogen-bond donors (Lipinski definition) is 3. The number of urea groups is 1.